The number of ether oxygens (including phenoxy) is 2. The quantitative estimate of drug-likeness (QED) is 0.284. The lowest BCUT2D eigenvalue weighted by atomic mass is 10.0. The first-order chi connectivity index (χ1) is 15.0. The maximum atomic E-state index is 13.3. The van der Waals surface area contributed by atoms with Crippen LogP contribution in [0.25, 0.3) is 22.1 Å². The minimum absolute atomic E-state index is 0.0272. The fourth-order valence-electron chi connectivity index (χ4n) is 3.01. The van der Waals surface area contributed by atoms with Crippen LogP contribution in [0.5, 0.6) is 5.75 Å². The standard InChI is InChI=1S/C23H15BrO7/c1-2-28-23(27)21-19(13-5-7-14(24)8-6-13)20(25)16-10-9-15(12-18(16)31-21)30-22(26)17-4-3-11-29-17/h3-12H,2H2,1H3. The van der Waals surface area contributed by atoms with E-state index in [2.05, 4.69) is 15.9 Å². The normalized spacial score (nSPS) is 10.8. The monoisotopic (exact) mass is 482 g/mol. The Labute approximate surface area is 184 Å². The van der Waals surface area contributed by atoms with Crippen molar-refractivity contribution >= 4 is 38.8 Å². The first kappa shape index (κ1) is 20.6. The Morgan fingerprint density at radius 1 is 1.03 bits per heavy atom. The third-order valence-electron chi connectivity index (χ3n) is 4.39. The molecule has 0 aliphatic heterocycles. The van der Waals surface area contributed by atoms with E-state index in [1.165, 1.54) is 30.5 Å². The van der Waals surface area contributed by atoms with E-state index in [4.69, 9.17) is 18.3 Å². The minimum Gasteiger partial charge on any atom is -0.460 e. The summed E-state index contributed by atoms with van der Waals surface area (Å²) in [5, 5.41) is 0.226. The van der Waals surface area contributed by atoms with Crippen molar-refractivity contribution in [2.45, 2.75) is 6.92 Å². The maximum Gasteiger partial charge on any atom is 0.379 e. The molecule has 4 aromatic rings. The molecule has 0 fully saturated rings. The fraction of sp³-hybridized carbons (Fsp3) is 0.0870. The molecule has 0 aliphatic carbocycles. The van der Waals surface area contributed by atoms with Crippen molar-refractivity contribution in [3.63, 3.8) is 0 Å². The summed E-state index contributed by atoms with van der Waals surface area (Å²) in [5.41, 5.74) is 0.281. The Kier molecular flexibility index (Phi) is 5.73. The third-order valence-corrected chi connectivity index (χ3v) is 4.92. The zero-order valence-corrected chi connectivity index (χ0v) is 17.8. The SMILES string of the molecule is CCOC(=O)c1oc2cc(OC(=O)c3ccco3)ccc2c(=O)c1-c1ccc(Br)cc1. The molecule has 2 aromatic heterocycles. The van der Waals surface area contributed by atoms with E-state index in [9.17, 15) is 14.4 Å². The molecule has 0 saturated carbocycles. The molecule has 31 heavy (non-hydrogen) atoms. The van der Waals surface area contributed by atoms with E-state index in [1.807, 2.05) is 0 Å². The number of carbonyl (C=O) groups excluding carboxylic acids is 2. The molecule has 0 spiro atoms. The van der Waals surface area contributed by atoms with Crippen molar-refractivity contribution in [1.82, 2.24) is 0 Å². The zero-order chi connectivity index (χ0) is 22.0. The summed E-state index contributed by atoms with van der Waals surface area (Å²) >= 11 is 3.35. The molecule has 0 atom stereocenters. The van der Waals surface area contributed by atoms with Gasteiger partial charge >= 0.3 is 11.9 Å². The van der Waals surface area contributed by atoms with Gasteiger partial charge in [-0.3, -0.25) is 4.79 Å². The van der Waals surface area contributed by atoms with Gasteiger partial charge in [0.1, 0.15) is 11.3 Å². The molecular weight excluding hydrogens is 468 g/mol. The lowest BCUT2D eigenvalue weighted by Gasteiger charge is -2.10. The number of halogens is 1. The molecule has 0 bridgehead atoms. The van der Waals surface area contributed by atoms with E-state index in [-0.39, 0.29) is 40.4 Å². The van der Waals surface area contributed by atoms with Gasteiger partial charge in [0, 0.05) is 10.5 Å². The first-order valence-electron chi connectivity index (χ1n) is 9.27. The number of carbonyl (C=O) groups is 2. The van der Waals surface area contributed by atoms with Gasteiger partial charge in [-0.15, -0.1) is 0 Å². The molecule has 0 radical (unpaired) electrons. The summed E-state index contributed by atoms with van der Waals surface area (Å²) in [7, 11) is 0. The van der Waals surface area contributed by atoms with Crippen LogP contribution in [-0.2, 0) is 4.74 Å². The maximum absolute atomic E-state index is 13.3. The molecule has 7 nitrogen and oxygen atoms in total. The summed E-state index contributed by atoms with van der Waals surface area (Å²) in [4.78, 5) is 37.9. The second kappa shape index (κ2) is 8.61. The highest BCUT2D eigenvalue weighted by Gasteiger charge is 2.23. The predicted molar refractivity (Wildman–Crippen MR) is 115 cm³/mol. The van der Waals surface area contributed by atoms with Crippen LogP contribution in [0.1, 0.15) is 28.0 Å². The van der Waals surface area contributed by atoms with Crippen molar-refractivity contribution in [1.29, 1.82) is 0 Å². The molecule has 8 heteroatoms. The van der Waals surface area contributed by atoms with Crippen molar-refractivity contribution < 1.29 is 27.9 Å². The van der Waals surface area contributed by atoms with Crippen LogP contribution < -0.4 is 10.2 Å². The number of fused-ring (bicyclic) bond motifs is 1. The van der Waals surface area contributed by atoms with Crippen LogP contribution >= 0.6 is 15.9 Å². The predicted octanol–water partition coefficient (Wildman–Crippen LogP) is 5.21. The molecule has 0 aliphatic rings. The van der Waals surface area contributed by atoms with Crippen LogP contribution in [0.4, 0.5) is 0 Å². The van der Waals surface area contributed by atoms with Gasteiger partial charge in [-0.05, 0) is 48.9 Å². The van der Waals surface area contributed by atoms with Gasteiger partial charge in [0.15, 0.2) is 0 Å². The highest BCUT2D eigenvalue weighted by molar-refractivity contribution is 9.10. The molecule has 2 heterocycles. The largest absolute Gasteiger partial charge is 0.460 e. The lowest BCUT2D eigenvalue weighted by molar-refractivity contribution is 0.0491. The van der Waals surface area contributed by atoms with E-state index in [0.29, 0.717) is 5.56 Å². The fourth-order valence-corrected chi connectivity index (χ4v) is 3.27. The smallest absolute Gasteiger partial charge is 0.379 e. The number of furan rings is 1. The number of benzene rings is 2. The van der Waals surface area contributed by atoms with Crippen LogP contribution in [0.15, 0.2) is 79.0 Å². The molecule has 2 aromatic carbocycles. The Morgan fingerprint density at radius 2 is 1.81 bits per heavy atom. The van der Waals surface area contributed by atoms with Gasteiger partial charge in [0.05, 0.1) is 23.8 Å². The summed E-state index contributed by atoms with van der Waals surface area (Å²) in [5.74, 6) is -1.54. The number of hydrogen-bond acceptors (Lipinski definition) is 7. The second-order valence-electron chi connectivity index (χ2n) is 6.39. The number of hydrogen-bond donors (Lipinski definition) is 0. The summed E-state index contributed by atoms with van der Waals surface area (Å²) < 4.78 is 22.0. The molecule has 0 N–H and O–H groups in total. The highest BCUT2D eigenvalue weighted by Crippen LogP contribution is 2.28. The van der Waals surface area contributed by atoms with Crippen LogP contribution in [0.2, 0.25) is 0 Å². The molecule has 0 saturated heterocycles. The Balaban J connectivity index is 1.84. The number of esters is 2. The lowest BCUT2D eigenvalue weighted by Crippen LogP contribution is -2.15. The van der Waals surface area contributed by atoms with E-state index >= 15 is 0 Å². The average Bonchev–Trinajstić information content (AvgIpc) is 3.30. The summed E-state index contributed by atoms with van der Waals surface area (Å²) in [6.07, 6.45) is 1.35. The van der Waals surface area contributed by atoms with E-state index < -0.39 is 17.4 Å². The van der Waals surface area contributed by atoms with Crippen molar-refractivity contribution in [3.05, 3.63) is 87.1 Å². The van der Waals surface area contributed by atoms with Gasteiger partial charge in [-0.2, -0.15) is 0 Å². The van der Waals surface area contributed by atoms with Crippen molar-refractivity contribution in [2.75, 3.05) is 6.61 Å². The number of rotatable bonds is 5. The van der Waals surface area contributed by atoms with E-state index in [1.54, 1.807) is 37.3 Å². The Bertz CT molecular complexity index is 1320. The van der Waals surface area contributed by atoms with Crippen LogP contribution in [0, 0.1) is 0 Å². The van der Waals surface area contributed by atoms with E-state index in [0.717, 1.165) is 4.47 Å². The second-order valence-corrected chi connectivity index (χ2v) is 7.30. The molecule has 0 amide bonds. The zero-order valence-electron chi connectivity index (χ0n) is 16.2. The highest BCUT2D eigenvalue weighted by atomic mass is 79.9. The molecule has 4 rings (SSSR count). The van der Waals surface area contributed by atoms with Crippen molar-refractivity contribution in [2.24, 2.45) is 0 Å². The van der Waals surface area contributed by atoms with Gasteiger partial charge in [-0.25, -0.2) is 9.59 Å². The van der Waals surface area contributed by atoms with Crippen LogP contribution in [-0.4, -0.2) is 18.5 Å². The summed E-state index contributed by atoms with van der Waals surface area (Å²) in [6.45, 7) is 1.77. The Morgan fingerprint density at radius 3 is 2.48 bits per heavy atom. The molecule has 0 unspecified atom stereocenters. The third kappa shape index (κ3) is 4.15. The van der Waals surface area contributed by atoms with Gasteiger partial charge < -0.3 is 18.3 Å². The van der Waals surface area contributed by atoms with Gasteiger partial charge in [0.2, 0.25) is 16.9 Å². The van der Waals surface area contributed by atoms with Gasteiger partial charge in [0.25, 0.3) is 0 Å². The van der Waals surface area contributed by atoms with Crippen LogP contribution in [0.3, 0.4) is 0 Å². The topological polar surface area (TPSA) is 96.0 Å². The first-order valence-corrected chi connectivity index (χ1v) is 10.1. The molecular formula is C23H15BrO7. The van der Waals surface area contributed by atoms with Gasteiger partial charge in [-0.1, -0.05) is 28.1 Å². The minimum atomic E-state index is -0.766. The van der Waals surface area contributed by atoms with Crippen molar-refractivity contribution in [3.8, 4) is 16.9 Å². The molecule has 156 valence electrons. The Hall–Kier alpha value is -3.65. The summed E-state index contributed by atoms with van der Waals surface area (Å²) in [6, 6.07) is 14.2. The average molecular weight is 483 g/mol.